The number of nitrogens with zero attached hydrogens (tertiary/aromatic N) is 2. The van der Waals surface area contributed by atoms with Crippen LogP contribution < -0.4 is 9.64 Å². The fourth-order valence-corrected chi connectivity index (χ4v) is 5.15. The standard InChI is InChI=1S/C26H33FN2O2.ClH/c1-4-20(3)31-24-10-5-7-21(15-24)18-28-14-13-26(17-19(28)2)12-11-25(30)29(26)23-9-6-8-22(27)16-23;/h5-10,15-16,19-20H,4,11-14,17-18H2,1-3H3;1H/t19-,20+,26+;/m0./s1. The summed E-state index contributed by atoms with van der Waals surface area (Å²) in [7, 11) is 0. The second kappa shape index (κ2) is 10.2. The molecule has 0 saturated carbocycles. The van der Waals surface area contributed by atoms with E-state index >= 15 is 0 Å². The lowest BCUT2D eigenvalue weighted by Gasteiger charge is -2.48. The van der Waals surface area contributed by atoms with E-state index in [0.717, 1.165) is 44.5 Å². The van der Waals surface area contributed by atoms with Gasteiger partial charge in [-0.25, -0.2) is 4.39 Å². The first-order valence-corrected chi connectivity index (χ1v) is 11.5. The fourth-order valence-electron chi connectivity index (χ4n) is 5.15. The second-order valence-electron chi connectivity index (χ2n) is 9.19. The maximum Gasteiger partial charge on any atom is 0.227 e. The van der Waals surface area contributed by atoms with Gasteiger partial charge in [-0.1, -0.05) is 25.1 Å². The zero-order valence-electron chi connectivity index (χ0n) is 19.2. The summed E-state index contributed by atoms with van der Waals surface area (Å²) in [5, 5.41) is 0. The average molecular weight is 461 g/mol. The SMILES string of the molecule is CC[C@@H](C)Oc1cccc(CN2CC[C@]3(CCC(=O)N3c3cccc(F)c3)C[C@@H]2C)c1.Cl. The highest BCUT2D eigenvalue weighted by molar-refractivity contribution is 5.97. The van der Waals surface area contributed by atoms with Crippen molar-refractivity contribution in [2.45, 2.75) is 77.1 Å². The van der Waals surface area contributed by atoms with Crippen LogP contribution in [-0.4, -0.2) is 35.0 Å². The number of hydrogen-bond donors (Lipinski definition) is 0. The number of hydrogen-bond acceptors (Lipinski definition) is 3. The van der Waals surface area contributed by atoms with Crippen LogP contribution in [-0.2, 0) is 11.3 Å². The van der Waals surface area contributed by atoms with Crippen LogP contribution in [0, 0.1) is 5.82 Å². The summed E-state index contributed by atoms with van der Waals surface area (Å²) < 4.78 is 19.8. The number of carbonyl (C=O) groups excluding carboxylic acids is 1. The third kappa shape index (κ3) is 5.10. The van der Waals surface area contributed by atoms with Gasteiger partial charge >= 0.3 is 0 Å². The molecule has 32 heavy (non-hydrogen) atoms. The summed E-state index contributed by atoms with van der Waals surface area (Å²) in [5.74, 6) is 0.741. The van der Waals surface area contributed by atoms with Crippen molar-refractivity contribution in [3.8, 4) is 5.75 Å². The van der Waals surface area contributed by atoms with E-state index in [9.17, 15) is 9.18 Å². The molecule has 2 aliphatic heterocycles. The number of anilines is 1. The van der Waals surface area contributed by atoms with E-state index in [4.69, 9.17) is 4.74 Å². The van der Waals surface area contributed by atoms with E-state index in [-0.39, 0.29) is 35.8 Å². The van der Waals surface area contributed by atoms with Crippen LogP contribution in [0.25, 0.3) is 0 Å². The fraction of sp³-hybridized carbons (Fsp3) is 0.500. The number of piperidine rings is 1. The summed E-state index contributed by atoms with van der Waals surface area (Å²) in [5.41, 5.74) is 1.73. The molecule has 4 nitrogen and oxygen atoms in total. The quantitative estimate of drug-likeness (QED) is 0.532. The number of carbonyl (C=O) groups is 1. The molecule has 2 aromatic carbocycles. The minimum atomic E-state index is -0.294. The van der Waals surface area contributed by atoms with Crippen molar-refractivity contribution in [2.75, 3.05) is 11.4 Å². The van der Waals surface area contributed by atoms with Gasteiger partial charge in [-0.3, -0.25) is 9.69 Å². The predicted molar refractivity (Wildman–Crippen MR) is 129 cm³/mol. The van der Waals surface area contributed by atoms with Crippen molar-refractivity contribution >= 4 is 24.0 Å². The van der Waals surface area contributed by atoms with Crippen LogP contribution in [0.1, 0.15) is 58.4 Å². The normalized spacial score (nSPS) is 24.4. The lowest BCUT2D eigenvalue weighted by atomic mass is 9.81. The van der Waals surface area contributed by atoms with Crippen LogP contribution in [0.5, 0.6) is 5.75 Å². The van der Waals surface area contributed by atoms with Crippen molar-refractivity contribution in [3.05, 3.63) is 59.9 Å². The Kier molecular flexibility index (Phi) is 7.84. The molecular formula is C26H34ClFN2O2. The molecule has 0 N–H and O–H groups in total. The summed E-state index contributed by atoms with van der Waals surface area (Å²) in [4.78, 5) is 17.1. The van der Waals surface area contributed by atoms with Crippen molar-refractivity contribution in [1.29, 1.82) is 0 Å². The van der Waals surface area contributed by atoms with Crippen LogP contribution in [0.3, 0.4) is 0 Å². The Morgan fingerprint density at radius 2 is 1.97 bits per heavy atom. The first kappa shape index (κ1) is 24.5. The van der Waals surface area contributed by atoms with E-state index in [1.165, 1.54) is 17.7 Å². The average Bonchev–Trinajstić information content (AvgIpc) is 3.06. The van der Waals surface area contributed by atoms with E-state index in [0.29, 0.717) is 18.2 Å². The molecule has 0 aliphatic carbocycles. The number of likely N-dealkylation sites (tertiary alicyclic amines) is 1. The predicted octanol–water partition coefficient (Wildman–Crippen LogP) is 5.97. The summed E-state index contributed by atoms with van der Waals surface area (Å²) >= 11 is 0. The molecular weight excluding hydrogens is 427 g/mol. The Balaban J connectivity index is 0.00000289. The first-order valence-electron chi connectivity index (χ1n) is 11.5. The molecule has 1 amide bonds. The maximum absolute atomic E-state index is 13.9. The lowest BCUT2D eigenvalue weighted by molar-refractivity contribution is -0.117. The van der Waals surface area contributed by atoms with Crippen molar-refractivity contribution in [1.82, 2.24) is 4.90 Å². The zero-order chi connectivity index (χ0) is 22.0. The van der Waals surface area contributed by atoms with Gasteiger partial charge in [0, 0.05) is 31.2 Å². The van der Waals surface area contributed by atoms with Gasteiger partial charge in [-0.2, -0.15) is 0 Å². The Morgan fingerprint density at radius 3 is 2.69 bits per heavy atom. The van der Waals surface area contributed by atoms with Gasteiger partial charge in [0.05, 0.1) is 11.6 Å². The van der Waals surface area contributed by atoms with Gasteiger partial charge < -0.3 is 9.64 Å². The number of ether oxygens (including phenoxy) is 1. The highest BCUT2D eigenvalue weighted by Crippen LogP contribution is 2.44. The number of benzene rings is 2. The Labute approximate surface area is 197 Å². The molecule has 0 radical (unpaired) electrons. The van der Waals surface area contributed by atoms with Gasteiger partial charge in [0.1, 0.15) is 11.6 Å². The Morgan fingerprint density at radius 1 is 1.19 bits per heavy atom. The van der Waals surface area contributed by atoms with Crippen molar-refractivity contribution < 1.29 is 13.9 Å². The van der Waals surface area contributed by atoms with Gasteiger partial charge in [0.25, 0.3) is 0 Å². The van der Waals surface area contributed by atoms with Crippen LogP contribution in [0.15, 0.2) is 48.5 Å². The van der Waals surface area contributed by atoms with E-state index in [1.54, 1.807) is 6.07 Å². The molecule has 174 valence electrons. The van der Waals surface area contributed by atoms with E-state index < -0.39 is 0 Å². The molecule has 2 aromatic rings. The maximum atomic E-state index is 13.9. The lowest BCUT2D eigenvalue weighted by Crippen LogP contribution is -2.56. The molecule has 6 heteroatoms. The topological polar surface area (TPSA) is 32.8 Å². The number of halogens is 2. The van der Waals surface area contributed by atoms with Crippen molar-refractivity contribution in [2.24, 2.45) is 0 Å². The zero-order valence-corrected chi connectivity index (χ0v) is 20.0. The van der Waals surface area contributed by atoms with Crippen LogP contribution in [0.2, 0.25) is 0 Å². The molecule has 1 spiro atoms. The summed E-state index contributed by atoms with van der Waals surface area (Å²) in [6.07, 6.45) is 4.38. The highest BCUT2D eigenvalue weighted by atomic mass is 35.5. The molecule has 4 rings (SSSR count). The van der Waals surface area contributed by atoms with Crippen LogP contribution in [0.4, 0.5) is 10.1 Å². The molecule has 2 fully saturated rings. The molecule has 2 heterocycles. The minimum Gasteiger partial charge on any atom is -0.491 e. The summed E-state index contributed by atoms with van der Waals surface area (Å²) in [6, 6.07) is 15.2. The molecule has 3 atom stereocenters. The smallest absolute Gasteiger partial charge is 0.227 e. The third-order valence-electron chi connectivity index (χ3n) is 6.95. The van der Waals surface area contributed by atoms with E-state index in [1.807, 2.05) is 17.0 Å². The number of amides is 1. The monoisotopic (exact) mass is 460 g/mol. The Hall–Kier alpha value is -2.11. The van der Waals surface area contributed by atoms with Gasteiger partial charge in [0.15, 0.2) is 0 Å². The van der Waals surface area contributed by atoms with Gasteiger partial charge in [0.2, 0.25) is 5.91 Å². The minimum absolute atomic E-state index is 0. The molecule has 2 saturated heterocycles. The number of rotatable bonds is 6. The largest absolute Gasteiger partial charge is 0.491 e. The highest BCUT2D eigenvalue weighted by Gasteiger charge is 2.49. The van der Waals surface area contributed by atoms with Gasteiger partial charge in [-0.05, 0) is 75.4 Å². The van der Waals surface area contributed by atoms with Crippen molar-refractivity contribution in [3.63, 3.8) is 0 Å². The van der Waals surface area contributed by atoms with Crippen LogP contribution >= 0.6 is 12.4 Å². The third-order valence-corrected chi connectivity index (χ3v) is 6.95. The summed E-state index contributed by atoms with van der Waals surface area (Å²) in [6.45, 7) is 8.24. The Bertz CT molecular complexity index is 940. The molecule has 2 aliphatic rings. The molecule has 0 unspecified atom stereocenters. The second-order valence-corrected chi connectivity index (χ2v) is 9.19. The first-order chi connectivity index (χ1) is 14.9. The van der Waals surface area contributed by atoms with E-state index in [2.05, 4.69) is 43.9 Å². The molecule has 0 aromatic heterocycles. The van der Waals surface area contributed by atoms with Gasteiger partial charge in [-0.15, -0.1) is 12.4 Å². The molecule has 0 bridgehead atoms.